The monoisotopic (exact) mass is 251 g/mol. The van der Waals surface area contributed by atoms with Gasteiger partial charge in [0.15, 0.2) is 0 Å². The van der Waals surface area contributed by atoms with E-state index >= 15 is 0 Å². The Hall–Kier alpha value is -0.870. The predicted molar refractivity (Wildman–Crippen MR) is 72.5 cm³/mol. The van der Waals surface area contributed by atoms with Crippen LogP contribution in [0.3, 0.4) is 0 Å². The average molecular weight is 251 g/mol. The summed E-state index contributed by atoms with van der Waals surface area (Å²) in [4.78, 5) is 0. The minimum atomic E-state index is 0.517. The van der Waals surface area contributed by atoms with Gasteiger partial charge < -0.3 is 10.1 Å². The zero-order valence-corrected chi connectivity index (χ0v) is 11.8. The summed E-state index contributed by atoms with van der Waals surface area (Å²) in [6.45, 7) is 10.2. The largest absolute Gasteiger partial charge is 0.381 e. The Bertz CT molecular complexity index is 367. The molecule has 0 spiro atoms. The Morgan fingerprint density at radius 2 is 2.17 bits per heavy atom. The minimum absolute atomic E-state index is 0.517. The van der Waals surface area contributed by atoms with Crippen molar-refractivity contribution < 1.29 is 4.74 Å². The van der Waals surface area contributed by atoms with E-state index in [9.17, 15) is 0 Å². The van der Waals surface area contributed by atoms with Gasteiger partial charge in [-0.2, -0.15) is 5.10 Å². The van der Waals surface area contributed by atoms with Crippen molar-refractivity contribution in [2.24, 2.45) is 5.92 Å². The summed E-state index contributed by atoms with van der Waals surface area (Å²) >= 11 is 0. The summed E-state index contributed by atoms with van der Waals surface area (Å²) in [5, 5.41) is 8.06. The normalized spacial score (nSPS) is 17.6. The maximum absolute atomic E-state index is 5.39. The van der Waals surface area contributed by atoms with Crippen LogP contribution in [0.5, 0.6) is 0 Å². The Kier molecular flexibility index (Phi) is 4.78. The summed E-state index contributed by atoms with van der Waals surface area (Å²) in [6, 6.07) is 0.517. The van der Waals surface area contributed by atoms with E-state index < -0.39 is 0 Å². The van der Waals surface area contributed by atoms with Crippen LogP contribution in [0.2, 0.25) is 0 Å². The first-order valence-corrected chi connectivity index (χ1v) is 6.99. The summed E-state index contributed by atoms with van der Waals surface area (Å²) in [7, 11) is 0. The van der Waals surface area contributed by atoms with Crippen LogP contribution in [0, 0.1) is 12.8 Å². The lowest BCUT2D eigenvalue weighted by Gasteiger charge is -2.21. The first-order chi connectivity index (χ1) is 8.65. The van der Waals surface area contributed by atoms with Crippen LogP contribution in [-0.2, 0) is 17.8 Å². The van der Waals surface area contributed by atoms with Crippen molar-refractivity contribution in [2.45, 2.75) is 52.7 Å². The predicted octanol–water partition coefficient (Wildman–Crippen LogP) is 2.12. The fourth-order valence-electron chi connectivity index (χ4n) is 2.33. The number of hydrogen-bond acceptors (Lipinski definition) is 3. The highest BCUT2D eigenvalue weighted by Crippen LogP contribution is 2.17. The first-order valence-electron chi connectivity index (χ1n) is 6.99. The van der Waals surface area contributed by atoms with Crippen molar-refractivity contribution >= 4 is 0 Å². The molecule has 4 nitrogen and oxygen atoms in total. The van der Waals surface area contributed by atoms with Gasteiger partial charge in [-0.1, -0.05) is 13.8 Å². The topological polar surface area (TPSA) is 39.1 Å². The highest BCUT2D eigenvalue weighted by atomic mass is 16.5. The molecule has 0 atom stereocenters. The molecule has 0 radical (unpaired) electrons. The molecule has 1 aliphatic rings. The zero-order chi connectivity index (χ0) is 13.0. The number of aromatic nitrogens is 2. The van der Waals surface area contributed by atoms with Gasteiger partial charge >= 0.3 is 0 Å². The quantitative estimate of drug-likeness (QED) is 0.871. The van der Waals surface area contributed by atoms with Gasteiger partial charge in [-0.05, 0) is 25.7 Å². The van der Waals surface area contributed by atoms with E-state index in [-0.39, 0.29) is 0 Å². The molecule has 102 valence electrons. The molecule has 0 aromatic carbocycles. The van der Waals surface area contributed by atoms with Gasteiger partial charge in [0.2, 0.25) is 0 Å². The van der Waals surface area contributed by atoms with Gasteiger partial charge in [0.1, 0.15) is 0 Å². The Labute approximate surface area is 110 Å². The summed E-state index contributed by atoms with van der Waals surface area (Å²) < 4.78 is 7.51. The summed E-state index contributed by atoms with van der Waals surface area (Å²) in [6.07, 6.45) is 4.52. The van der Waals surface area contributed by atoms with E-state index in [1.807, 2.05) is 0 Å². The molecule has 0 amide bonds. The molecule has 2 rings (SSSR count). The molecule has 4 heteroatoms. The number of aryl methyl sites for hydroxylation is 1. The number of nitrogens with zero attached hydrogens (tertiary/aromatic N) is 2. The molecule has 1 saturated heterocycles. The number of hydrogen-bond donors (Lipinski definition) is 1. The van der Waals surface area contributed by atoms with Gasteiger partial charge in [-0.3, -0.25) is 4.68 Å². The van der Waals surface area contributed by atoms with Crippen LogP contribution in [-0.4, -0.2) is 29.0 Å². The molecule has 0 saturated carbocycles. The van der Waals surface area contributed by atoms with E-state index in [4.69, 9.17) is 4.74 Å². The maximum Gasteiger partial charge on any atom is 0.0638 e. The third-order valence-electron chi connectivity index (χ3n) is 3.53. The lowest BCUT2D eigenvalue weighted by atomic mass is 10.0. The van der Waals surface area contributed by atoms with E-state index in [1.54, 1.807) is 0 Å². The molecular formula is C14H25N3O. The van der Waals surface area contributed by atoms with E-state index in [0.717, 1.165) is 37.9 Å². The molecule has 2 heterocycles. The lowest BCUT2D eigenvalue weighted by Crippen LogP contribution is -2.22. The number of rotatable bonds is 5. The highest BCUT2D eigenvalue weighted by molar-refractivity contribution is 5.15. The van der Waals surface area contributed by atoms with Gasteiger partial charge in [0.05, 0.1) is 5.69 Å². The van der Waals surface area contributed by atoms with Crippen molar-refractivity contribution in [3.05, 3.63) is 17.5 Å². The molecule has 1 aromatic rings. The molecule has 0 bridgehead atoms. The molecule has 1 fully saturated rings. The van der Waals surface area contributed by atoms with Gasteiger partial charge in [-0.25, -0.2) is 0 Å². The van der Waals surface area contributed by atoms with Crippen LogP contribution >= 0.6 is 0 Å². The van der Waals surface area contributed by atoms with E-state index in [0.29, 0.717) is 6.04 Å². The van der Waals surface area contributed by atoms with Crippen molar-refractivity contribution in [2.75, 3.05) is 13.2 Å². The Morgan fingerprint density at radius 1 is 1.44 bits per heavy atom. The minimum Gasteiger partial charge on any atom is -0.381 e. The van der Waals surface area contributed by atoms with Gasteiger partial charge in [0.25, 0.3) is 0 Å². The molecule has 1 aromatic heterocycles. The lowest BCUT2D eigenvalue weighted by molar-refractivity contribution is 0.0601. The van der Waals surface area contributed by atoms with Crippen molar-refractivity contribution in [1.82, 2.24) is 15.1 Å². The fourth-order valence-corrected chi connectivity index (χ4v) is 2.33. The zero-order valence-electron chi connectivity index (χ0n) is 11.8. The second-order valence-corrected chi connectivity index (χ2v) is 5.55. The summed E-state index contributed by atoms with van der Waals surface area (Å²) in [5.41, 5.74) is 2.46. The van der Waals surface area contributed by atoms with Crippen molar-refractivity contribution in [1.29, 1.82) is 0 Å². The third kappa shape index (κ3) is 3.82. The van der Waals surface area contributed by atoms with E-state index in [2.05, 4.69) is 42.1 Å². The number of nitrogens with one attached hydrogen (secondary N) is 1. The second kappa shape index (κ2) is 6.34. The highest BCUT2D eigenvalue weighted by Gasteiger charge is 2.15. The third-order valence-corrected chi connectivity index (χ3v) is 3.53. The van der Waals surface area contributed by atoms with Gasteiger partial charge in [0, 0.05) is 44.1 Å². The number of ether oxygens (including phenoxy) is 1. The molecule has 0 aliphatic carbocycles. The van der Waals surface area contributed by atoms with Crippen LogP contribution in [0.1, 0.15) is 37.9 Å². The molecule has 18 heavy (non-hydrogen) atoms. The van der Waals surface area contributed by atoms with Crippen molar-refractivity contribution in [3.63, 3.8) is 0 Å². The SMILES string of the molecule is Cc1nn(CC2CCOCC2)cc1CNC(C)C. The van der Waals surface area contributed by atoms with E-state index in [1.165, 1.54) is 18.4 Å². The van der Waals surface area contributed by atoms with Crippen LogP contribution < -0.4 is 5.32 Å². The van der Waals surface area contributed by atoms with Crippen LogP contribution in [0.25, 0.3) is 0 Å². The van der Waals surface area contributed by atoms with Crippen LogP contribution in [0.15, 0.2) is 6.20 Å². The van der Waals surface area contributed by atoms with Crippen molar-refractivity contribution in [3.8, 4) is 0 Å². The van der Waals surface area contributed by atoms with Crippen LogP contribution in [0.4, 0.5) is 0 Å². The summed E-state index contributed by atoms with van der Waals surface area (Å²) in [5.74, 6) is 0.726. The Morgan fingerprint density at radius 3 is 2.83 bits per heavy atom. The fraction of sp³-hybridized carbons (Fsp3) is 0.786. The first kappa shape index (κ1) is 13.6. The average Bonchev–Trinajstić information content (AvgIpc) is 2.68. The molecular weight excluding hydrogens is 226 g/mol. The smallest absolute Gasteiger partial charge is 0.0638 e. The second-order valence-electron chi connectivity index (χ2n) is 5.55. The maximum atomic E-state index is 5.39. The molecule has 0 unspecified atom stereocenters. The van der Waals surface area contributed by atoms with Gasteiger partial charge in [-0.15, -0.1) is 0 Å². The standard InChI is InChI=1S/C14H25N3O/c1-11(2)15-8-14-10-17(16-12(14)3)9-13-4-6-18-7-5-13/h10-11,13,15H,4-9H2,1-3H3. The molecule has 1 aliphatic heterocycles. The molecule has 1 N–H and O–H groups in total. The Balaban J connectivity index is 1.90.